The molecule has 0 spiro atoms. The van der Waals surface area contributed by atoms with Gasteiger partial charge in [-0.1, -0.05) is 0 Å². The summed E-state index contributed by atoms with van der Waals surface area (Å²) in [5.74, 6) is -4.09. The van der Waals surface area contributed by atoms with Crippen LogP contribution in [0.15, 0.2) is 18.2 Å². The highest BCUT2D eigenvalue weighted by Gasteiger charge is 2.72. The third kappa shape index (κ3) is 2.71. The SMILES string of the molecule is O=C(O)c1ccc(C(=O)O)c(C(O)(C(F)(F)F)C(F)(F)F)c1. The number of carboxylic acid groups (broad SMARTS) is 2. The summed E-state index contributed by atoms with van der Waals surface area (Å²) in [7, 11) is 0. The van der Waals surface area contributed by atoms with Gasteiger partial charge in [-0.2, -0.15) is 26.3 Å². The Morgan fingerprint density at radius 3 is 1.64 bits per heavy atom. The summed E-state index contributed by atoms with van der Waals surface area (Å²) in [6.45, 7) is 0. The fourth-order valence-corrected chi connectivity index (χ4v) is 1.63. The van der Waals surface area contributed by atoms with Crippen LogP contribution in [0.2, 0.25) is 0 Å². The number of halogens is 6. The van der Waals surface area contributed by atoms with E-state index in [2.05, 4.69) is 0 Å². The zero-order valence-corrected chi connectivity index (χ0v) is 10.2. The van der Waals surface area contributed by atoms with Crippen LogP contribution in [0.5, 0.6) is 0 Å². The van der Waals surface area contributed by atoms with E-state index >= 15 is 0 Å². The van der Waals surface area contributed by atoms with E-state index in [1.165, 1.54) is 0 Å². The lowest BCUT2D eigenvalue weighted by Gasteiger charge is -2.33. The molecule has 1 rings (SSSR count). The Labute approximate surface area is 117 Å². The number of aromatic carboxylic acids is 2. The van der Waals surface area contributed by atoms with Gasteiger partial charge in [0.2, 0.25) is 0 Å². The van der Waals surface area contributed by atoms with Crippen LogP contribution in [0.1, 0.15) is 26.3 Å². The number of rotatable bonds is 3. The lowest BCUT2D eigenvalue weighted by Crippen LogP contribution is -2.54. The second-order valence-electron chi connectivity index (χ2n) is 4.08. The summed E-state index contributed by atoms with van der Waals surface area (Å²) in [5, 5.41) is 26.5. The van der Waals surface area contributed by atoms with Crippen molar-refractivity contribution in [2.24, 2.45) is 0 Å². The molecule has 0 heterocycles. The molecule has 0 aliphatic rings. The van der Waals surface area contributed by atoms with Crippen LogP contribution < -0.4 is 0 Å². The van der Waals surface area contributed by atoms with Gasteiger partial charge in [0.1, 0.15) is 0 Å². The van der Waals surface area contributed by atoms with Gasteiger partial charge < -0.3 is 15.3 Å². The molecule has 0 bridgehead atoms. The number of carbonyl (C=O) groups is 2. The average Bonchev–Trinajstić information content (AvgIpc) is 2.33. The molecule has 122 valence electrons. The third-order valence-corrected chi connectivity index (χ3v) is 2.71. The first-order valence-corrected chi connectivity index (χ1v) is 5.20. The minimum Gasteiger partial charge on any atom is -0.478 e. The van der Waals surface area contributed by atoms with Crippen LogP contribution >= 0.6 is 0 Å². The van der Waals surface area contributed by atoms with Crippen LogP contribution in [0.4, 0.5) is 26.3 Å². The summed E-state index contributed by atoms with van der Waals surface area (Å²) < 4.78 is 76.5. The van der Waals surface area contributed by atoms with Crippen molar-refractivity contribution in [2.45, 2.75) is 18.0 Å². The fourth-order valence-electron chi connectivity index (χ4n) is 1.63. The molecular formula is C11H6F6O5. The molecule has 0 amide bonds. The van der Waals surface area contributed by atoms with Crippen molar-refractivity contribution in [1.82, 2.24) is 0 Å². The maximum Gasteiger partial charge on any atom is 0.430 e. The molecule has 0 aliphatic carbocycles. The average molecular weight is 332 g/mol. The first-order chi connectivity index (χ1) is 9.73. The van der Waals surface area contributed by atoms with Crippen molar-refractivity contribution in [3.8, 4) is 0 Å². The Kier molecular flexibility index (Phi) is 4.16. The minimum absolute atomic E-state index is 0.174. The number of carboxylic acids is 2. The van der Waals surface area contributed by atoms with Crippen molar-refractivity contribution in [3.05, 3.63) is 34.9 Å². The molecule has 0 radical (unpaired) electrons. The Morgan fingerprint density at radius 1 is 0.864 bits per heavy atom. The number of benzene rings is 1. The quantitative estimate of drug-likeness (QED) is 0.739. The molecule has 0 fully saturated rings. The fraction of sp³-hybridized carbons (Fsp3) is 0.273. The molecule has 22 heavy (non-hydrogen) atoms. The number of aliphatic hydroxyl groups is 1. The van der Waals surface area contributed by atoms with Crippen molar-refractivity contribution in [2.75, 3.05) is 0 Å². The first kappa shape index (κ1) is 17.8. The molecule has 1 aromatic carbocycles. The van der Waals surface area contributed by atoms with Crippen LogP contribution in [-0.4, -0.2) is 39.6 Å². The Morgan fingerprint density at radius 2 is 1.32 bits per heavy atom. The minimum atomic E-state index is -6.33. The highest BCUT2D eigenvalue weighted by Crippen LogP contribution is 2.51. The maximum atomic E-state index is 12.8. The normalized spacial score (nSPS) is 13.0. The second-order valence-corrected chi connectivity index (χ2v) is 4.08. The van der Waals surface area contributed by atoms with Gasteiger partial charge >= 0.3 is 24.3 Å². The summed E-state index contributed by atoms with van der Waals surface area (Å²) in [6, 6.07) is 0.568. The molecule has 0 aliphatic heterocycles. The molecule has 0 aromatic heterocycles. The van der Waals surface area contributed by atoms with Crippen molar-refractivity contribution in [3.63, 3.8) is 0 Å². The van der Waals surface area contributed by atoms with E-state index in [0.29, 0.717) is 6.07 Å². The van der Waals surface area contributed by atoms with E-state index in [1.54, 1.807) is 0 Å². The number of hydrogen-bond donors (Lipinski definition) is 3. The van der Waals surface area contributed by atoms with Gasteiger partial charge in [-0.25, -0.2) is 9.59 Å². The van der Waals surface area contributed by atoms with E-state index in [1.807, 2.05) is 0 Å². The predicted molar refractivity (Wildman–Crippen MR) is 56.4 cm³/mol. The summed E-state index contributed by atoms with van der Waals surface area (Å²) >= 11 is 0. The lowest BCUT2D eigenvalue weighted by molar-refractivity contribution is -0.376. The monoisotopic (exact) mass is 332 g/mol. The highest BCUT2D eigenvalue weighted by molar-refractivity contribution is 5.93. The van der Waals surface area contributed by atoms with Gasteiger partial charge in [0, 0.05) is 5.56 Å². The molecule has 0 saturated heterocycles. The Balaban J connectivity index is 3.85. The van der Waals surface area contributed by atoms with E-state index in [4.69, 9.17) is 10.2 Å². The number of alkyl halides is 6. The molecule has 1 aromatic rings. The van der Waals surface area contributed by atoms with Gasteiger partial charge in [0.15, 0.2) is 0 Å². The van der Waals surface area contributed by atoms with Gasteiger partial charge in [0.25, 0.3) is 5.60 Å². The standard InChI is InChI=1S/C11H6F6O5/c12-10(13,14)9(22,11(15,16)17)6-3-4(7(18)19)1-2-5(6)8(20)21/h1-3,22H,(H,18,19)(H,20,21). The van der Waals surface area contributed by atoms with E-state index < -0.39 is 46.6 Å². The van der Waals surface area contributed by atoms with E-state index in [-0.39, 0.29) is 12.1 Å². The smallest absolute Gasteiger partial charge is 0.430 e. The zero-order valence-electron chi connectivity index (χ0n) is 10.2. The summed E-state index contributed by atoms with van der Waals surface area (Å²) in [4.78, 5) is 21.5. The molecule has 5 nitrogen and oxygen atoms in total. The first-order valence-electron chi connectivity index (χ1n) is 5.20. The second kappa shape index (κ2) is 5.16. The van der Waals surface area contributed by atoms with Gasteiger partial charge in [-0.05, 0) is 18.2 Å². The zero-order chi connectivity index (χ0) is 17.5. The van der Waals surface area contributed by atoms with Crippen LogP contribution in [0.3, 0.4) is 0 Å². The topological polar surface area (TPSA) is 94.8 Å². The molecule has 11 heteroatoms. The van der Waals surface area contributed by atoms with Gasteiger partial charge in [0.05, 0.1) is 11.1 Å². The van der Waals surface area contributed by atoms with E-state index in [0.717, 1.165) is 0 Å². The molecule has 0 atom stereocenters. The van der Waals surface area contributed by atoms with Crippen LogP contribution in [0.25, 0.3) is 0 Å². The highest BCUT2D eigenvalue weighted by atomic mass is 19.4. The largest absolute Gasteiger partial charge is 0.478 e. The summed E-state index contributed by atoms with van der Waals surface area (Å²) in [6.07, 6.45) is -12.7. The van der Waals surface area contributed by atoms with E-state index in [9.17, 15) is 41.0 Å². The molecule has 3 N–H and O–H groups in total. The van der Waals surface area contributed by atoms with Crippen molar-refractivity contribution >= 4 is 11.9 Å². The van der Waals surface area contributed by atoms with Gasteiger partial charge in [-0.15, -0.1) is 0 Å². The Bertz CT molecular complexity index is 604. The third-order valence-electron chi connectivity index (χ3n) is 2.71. The Hall–Kier alpha value is -2.30. The van der Waals surface area contributed by atoms with Crippen molar-refractivity contribution < 1.29 is 51.3 Å². The number of hydrogen-bond acceptors (Lipinski definition) is 3. The van der Waals surface area contributed by atoms with Crippen LogP contribution in [-0.2, 0) is 5.60 Å². The lowest BCUT2D eigenvalue weighted by atomic mass is 9.87. The molecular weight excluding hydrogens is 326 g/mol. The maximum absolute atomic E-state index is 12.8. The molecule has 0 unspecified atom stereocenters. The van der Waals surface area contributed by atoms with Gasteiger partial charge in [-0.3, -0.25) is 0 Å². The summed E-state index contributed by atoms with van der Waals surface area (Å²) in [5.41, 5.74) is -10.2. The molecule has 0 saturated carbocycles. The van der Waals surface area contributed by atoms with Crippen molar-refractivity contribution in [1.29, 1.82) is 0 Å². The van der Waals surface area contributed by atoms with Crippen LogP contribution in [0, 0.1) is 0 Å². The predicted octanol–water partition coefficient (Wildman–Crippen LogP) is 2.40.